The predicted molar refractivity (Wildman–Crippen MR) is 56.7 cm³/mol. The minimum absolute atomic E-state index is 0.0104. The van der Waals surface area contributed by atoms with Gasteiger partial charge in [-0.15, -0.1) is 8.42 Å². The molecule has 3 rings (SSSR count). The smallest absolute Gasteiger partial charge is 0.346 e. The monoisotopic (exact) mass is 237 g/mol. The highest BCUT2D eigenvalue weighted by atomic mass is 32.3. The molecule has 0 spiro atoms. The molecule has 0 fully saturated rings. The van der Waals surface area contributed by atoms with Crippen molar-refractivity contribution in [2.24, 2.45) is 0 Å². The van der Waals surface area contributed by atoms with Crippen LogP contribution in [0.25, 0.3) is 10.8 Å². The molecule has 0 bridgehead atoms. The summed E-state index contributed by atoms with van der Waals surface area (Å²) in [6, 6.07) is 7.28. The maximum absolute atomic E-state index is 11.2. The Morgan fingerprint density at radius 3 is 2.56 bits per heavy atom. The van der Waals surface area contributed by atoms with E-state index < -0.39 is 10.4 Å². The van der Waals surface area contributed by atoms with E-state index >= 15 is 0 Å². The topological polar surface area (TPSA) is 65.5 Å². The zero-order valence-corrected chi connectivity index (χ0v) is 9.11. The summed E-state index contributed by atoms with van der Waals surface area (Å²) in [6.07, 6.45) is 0. The Morgan fingerprint density at radius 1 is 1.12 bits per heavy atom. The van der Waals surface area contributed by atoms with Crippen molar-refractivity contribution >= 4 is 21.2 Å². The summed E-state index contributed by atoms with van der Waals surface area (Å²) in [5, 5.41) is 1.54. The Morgan fingerprint density at radius 2 is 1.81 bits per heavy atom. The van der Waals surface area contributed by atoms with Crippen molar-refractivity contribution in [1.82, 2.24) is 4.98 Å². The zero-order valence-electron chi connectivity index (χ0n) is 8.30. The third-order valence-corrected chi connectivity index (χ3v) is 3.12. The molecule has 0 aliphatic carbocycles. The van der Waals surface area contributed by atoms with Crippen molar-refractivity contribution in [1.29, 1.82) is 0 Å². The van der Waals surface area contributed by atoms with Crippen LogP contribution in [0, 0.1) is 6.92 Å². The minimum Gasteiger partial charge on any atom is -0.346 e. The molecule has 1 aliphatic rings. The minimum atomic E-state index is -3.98. The predicted octanol–water partition coefficient (Wildman–Crippen LogP) is 1.56. The molecule has 16 heavy (non-hydrogen) atoms. The Hall–Kier alpha value is -1.82. The number of hydrogen-bond acceptors (Lipinski definition) is 5. The fraction of sp³-hybridized carbons (Fsp3) is 0.100. The molecule has 2 aromatic rings. The second kappa shape index (κ2) is 2.85. The number of hydrogen-bond donors (Lipinski definition) is 0. The van der Waals surface area contributed by atoms with Crippen molar-refractivity contribution in [3.05, 3.63) is 30.0 Å². The van der Waals surface area contributed by atoms with Gasteiger partial charge in [0.05, 0.1) is 0 Å². The third kappa shape index (κ3) is 1.23. The fourth-order valence-corrected chi connectivity index (χ4v) is 2.43. The zero-order chi connectivity index (χ0) is 11.3. The number of pyridine rings is 1. The molecule has 82 valence electrons. The number of aromatic nitrogens is 1. The van der Waals surface area contributed by atoms with Crippen molar-refractivity contribution in [2.45, 2.75) is 6.92 Å². The lowest BCUT2D eigenvalue weighted by Crippen LogP contribution is -2.08. The van der Waals surface area contributed by atoms with E-state index in [1.54, 1.807) is 19.1 Å². The average molecular weight is 237 g/mol. The van der Waals surface area contributed by atoms with E-state index in [4.69, 9.17) is 4.18 Å². The van der Waals surface area contributed by atoms with E-state index in [0.717, 1.165) is 5.39 Å². The molecule has 1 aromatic heterocycles. The summed E-state index contributed by atoms with van der Waals surface area (Å²) in [4.78, 5) is 4.05. The highest BCUT2D eigenvalue weighted by Gasteiger charge is 2.32. The van der Waals surface area contributed by atoms with Gasteiger partial charge >= 0.3 is 10.4 Å². The number of benzene rings is 1. The van der Waals surface area contributed by atoms with Crippen LogP contribution in [0.5, 0.6) is 11.6 Å². The average Bonchev–Trinajstić information content (AvgIpc) is 2.53. The van der Waals surface area contributed by atoms with Crippen LogP contribution in [0.15, 0.2) is 24.3 Å². The Labute approximate surface area is 92.0 Å². The van der Waals surface area contributed by atoms with Crippen LogP contribution in [0.3, 0.4) is 0 Å². The number of fused-ring (bicyclic) bond motifs is 3. The first-order chi connectivity index (χ1) is 7.57. The molecule has 0 saturated heterocycles. The van der Waals surface area contributed by atoms with Crippen molar-refractivity contribution < 1.29 is 16.8 Å². The Kier molecular flexibility index (Phi) is 1.68. The maximum atomic E-state index is 11.2. The van der Waals surface area contributed by atoms with Crippen LogP contribution >= 0.6 is 0 Å². The van der Waals surface area contributed by atoms with Gasteiger partial charge in [-0.05, 0) is 6.92 Å². The molecule has 1 aliphatic heterocycles. The first kappa shape index (κ1) is 9.41. The quantitative estimate of drug-likeness (QED) is 0.695. The van der Waals surface area contributed by atoms with E-state index in [0.29, 0.717) is 11.1 Å². The van der Waals surface area contributed by atoms with Crippen molar-refractivity contribution in [2.75, 3.05) is 0 Å². The number of nitrogens with zero attached hydrogens (tertiary/aromatic N) is 1. The van der Waals surface area contributed by atoms with E-state index in [1.807, 2.05) is 12.1 Å². The van der Waals surface area contributed by atoms with Gasteiger partial charge in [0, 0.05) is 16.5 Å². The second-order valence-corrected chi connectivity index (χ2v) is 4.60. The summed E-state index contributed by atoms with van der Waals surface area (Å²) in [7, 11) is -3.98. The molecule has 2 heterocycles. The summed E-state index contributed by atoms with van der Waals surface area (Å²) in [5.74, 6) is 0.178. The first-order valence-electron chi connectivity index (χ1n) is 4.60. The standard InChI is InChI=1S/C10H7NO4S/c1-6-7-4-2-3-5-8(7)9-10(11-6)15-16(12,13)14-9/h2-5H,1H3. The van der Waals surface area contributed by atoms with E-state index in [2.05, 4.69) is 9.17 Å². The van der Waals surface area contributed by atoms with Crippen molar-refractivity contribution in [3.63, 3.8) is 0 Å². The van der Waals surface area contributed by atoms with Crippen LogP contribution < -0.4 is 8.37 Å². The highest BCUT2D eigenvalue weighted by molar-refractivity contribution is 7.82. The van der Waals surface area contributed by atoms with E-state index in [1.165, 1.54) is 0 Å². The molecule has 0 N–H and O–H groups in total. The van der Waals surface area contributed by atoms with Gasteiger partial charge in [0.2, 0.25) is 5.75 Å². The normalized spacial score (nSPS) is 16.6. The van der Waals surface area contributed by atoms with Gasteiger partial charge in [0.1, 0.15) is 0 Å². The van der Waals surface area contributed by atoms with Crippen LogP contribution in [0.1, 0.15) is 5.69 Å². The van der Waals surface area contributed by atoms with E-state index in [-0.39, 0.29) is 11.6 Å². The molecule has 0 amide bonds. The number of aryl methyl sites for hydroxylation is 1. The molecule has 0 unspecified atom stereocenters. The molecule has 1 aromatic carbocycles. The largest absolute Gasteiger partial charge is 0.502 e. The Balaban J connectivity index is 2.43. The van der Waals surface area contributed by atoms with E-state index in [9.17, 15) is 8.42 Å². The van der Waals surface area contributed by atoms with Crippen LogP contribution in [-0.2, 0) is 10.4 Å². The van der Waals surface area contributed by atoms with Crippen LogP contribution in [0.4, 0.5) is 0 Å². The molecule has 5 nitrogen and oxygen atoms in total. The van der Waals surface area contributed by atoms with Gasteiger partial charge < -0.3 is 8.37 Å². The fourth-order valence-electron chi connectivity index (χ4n) is 1.73. The number of rotatable bonds is 0. The van der Waals surface area contributed by atoms with Crippen LogP contribution in [0.2, 0.25) is 0 Å². The van der Waals surface area contributed by atoms with Gasteiger partial charge in [-0.1, -0.05) is 24.3 Å². The van der Waals surface area contributed by atoms with Gasteiger partial charge in [-0.25, -0.2) is 4.98 Å². The first-order valence-corrected chi connectivity index (χ1v) is 5.93. The molecule has 0 radical (unpaired) electrons. The van der Waals surface area contributed by atoms with Gasteiger partial charge in [-0.2, -0.15) is 0 Å². The Bertz CT molecular complexity index is 693. The van der Waals surface area contributed by atoms with Gasteiger partial charge in [-0.3, -0.25) is 0 Å². The van der Waals surface area contributed by atoms with Crippen LogP contribution in [-0.4, -0.2) is 13.4 Å². The highest BCUT2D eigenvalue weighted by Crippen LogP contribution is 2.40. The van der Waals surface area contributed by atoms with Gasteiger partial charge in [0.25, 0.3) is 5.88 Å². The summed E-state index contributed by atoms with van der Waals surface area (Å²) in [5.41, 5.74) is 0.704. The second-order valence-electron chi connectivity index (χ2n) is 3.45. The lowest BCUT2D eigenvalue weighted by molar-refractivity contribution is 0.434. The summed E-state index contributed by atoms with van der Waals surface area (Å²) < 4.78 is 31.7. The van der Waals surface area contributed by atoms with Crippen molar-refractivity contribution in [3.8, 4) is 11.6 Å². The molecule has 6 heteroatoms. The lowest BCUT2D eigenvalue weighted by Gasteiger charge is -2.02. The van der Waals surface area contributed by atoms with Gasteiger partial charge in [0.15, 0.2) is 0 Å². The molecule has 0 atom stereocenters. The third-order valence-electron chi connectivity index (χ3n) is 2.39. The molecule has 0 saturated carbocycles. The molecular formula is C10H7NO4S. The summed E-state index contributed by atoms with van der Waals surface area (Å²) in [6.45, 7) is 1.79. The molecular weight excluding hydrogens is 230 g/mol. The summed E-state index contributed by atoms with van der Waals surface area (Å²) >= 11 is 0. The maximum Gasteiger partial charge on any atom is 0.502 e. The SMILES string of the molecule is Cc1nc2c(c3ccccc13)OS(=O)(=O)O2. The lowest BCUT2D eigenvalue weighted by atomic mass is 10.1.